The molecule has 2 atom stereocenters. The van der Waals surface area contributed by atoms with E-state index in [-0.39, 0.29) is 18.0 Å². The summed E-state index contributed by atoms with van der Waals surface area (Å²) >= 11 is 1.68. The monoisotopic (exact) mass is 254 g/mol. The lowest BCUT2D eigenvalue weighted by Gasteiger charge is -2.19. The molecule has 3 N–H and O–H groups in total. The lowest BCUT2D eigenvalue weighted by atomic mass is 10.0. The van der Waals surface area contributed by atoms with Crippen LogP contribution in [0.2, 0.25) is 0 Å². The van der Waals surface area contributed by atoms with Gasteiger partial charge in [-0.05, 0) is 23.8 Å². The topological polar surface area (TPSA) is 55.1 Å². The molecule has 0 aliphatic heterocycles. The van der Waals surface area contributed by atoms with Crippen LogP contribution in [0.15, 0.2) is 17.5 Å². The number of amides is 1. The predicted molar refractivity (Wildman–Crippen MR) is 72.9 cm³/mol. The van der Waals surface area contributed by atoms with E-state index in [0.29, 0.717) is 12.3 Å². The molecule has 4 heteroatoms. The molecule has 0 spiro atoms. The highest BCUT2D eigenvalue weighted by Crippen LogP contribution is 2.21. The van der Waals surface area contributed by atoms with Crippen LogP contribution in [0.1, 0.15) is 44.5 Å². The summed E-state index contributed by atoms with van der Waals surface area (Å²) in [7, 11) is 0. The summed E-state index contributed by atoms with van der Waals surface area (Å²) in [6, 6.07) is 4.13. The van der Waals surface area contributed by atoms with E-state index in [9.17, 15) is 4.79 Å². The highest BCUT2D eigenvalue weighted by atomic mass is 32.1. The van der Waals surface area contributed by atoms with Crippen molar-refractivity contribution in [2.24, 2.45) is 11.7 Å². The SMILES string of the molecule is CCC(NC(=O)CC(N)C(C)C)c1cccs1. The number of rotatable bonds is 6. The van der Waals surface area contributed by atoms with Crippen molar-refractivity contribution in [1.82, 2.24) is 5.32 Å². The fourth-order valence-electron chi connectivity index (χ4n) is 1.57. The van der Waals surface area contributed by atoms with Gasteiger partial charge in [0.15, 0.2) is 0 Å². The molecule has 0 aliphatic carbocycles. The zero-order valence-electron chi connectivity index (χ0n) is 10.8. The van der Waals surface area contributed by atoms with Crippen LogP contribution in [0.25, 0.3) is 0 Å². The van der Waals surface area contributed by atoms with E-state index >= 15 is 0 Å². The molecular formula is C13H22N2OS. The number of hydrogen-bond donors (Lipinski definition) is 2. The normalized spacial score (nSPS) is 14.6. The second-order valence-corrected chi connectivity index (χ2v) is 5.64. The maximum absolute atomic E-state index is 11.8. The van der Waals surface area contributed by atoms with Gasteiger partial charge in [-0.25, -0.2) is 0 Å². The van der Waals surface area contributed by atoms with Crippen LogP contribution in [0.5, 0.6) is 0 Å². The average molecular weight is 254 g/mol. The number of thiophene rings is 1. The van der Waals surface area contributed by atoms with Crippen LogP contribution in [-0.2, 0) is 4.79 Å². The van der Waals surface area contributed by atoms with Crippen LogP contribution >= 0.6 is 11.3 Å². The Hall–Kier alpha value is -0.870. The largest absolute Gasteiger partial charge is 0.348 e. The van der Waals surface area contributed by atoms with Gasteiger partial charge in [0.2, 0.25) is 5.91 Å². The van der Waals surface area contributed by atoms with Crippen molar-refractivity contribution in [3.05, 3.63) is 22.4 Å². The second kappa shape index (κ2) is 6.77. The summed E-state index contributed by atoms with van der Waals surface area (Å²) in [6.07, 6.45) is 1.31. The van der Waals surface area contributed by atoms with Crippen molar-refractivity contribution in [3.63, 3.8) is 0 Å². The van der Waals surface area contributed by atoms with E-state index in [1.165, 1.54) is 4.88 Å². The molecular weight excluding hydrogens is 232 g/mol. The zero-order chi connectivity index (χ0) is 12.8. The maximum Gasteiger partial charge on any atom is 0.222 e. The van der Waals surface area contributed by atoms with E-state index in [0.717, 1.165) is 6.42 Å². The van der Waals surface area contributed by atoms with Crippen molar-refractivity contribution < 1.29 is 4.79 Å². The Kier molecular flexibility index (Phi) is 5.65. The van der Waals surface area contributed by atoms with Crippen molar-refractivity contribution in [2.75, 3.05) is 0 Å². The third-order valence-corrected chi connectivity index (χ3v) is 3.89. The van der Waals surface area contributed by atoms with Crippen LogP contribution < -0.4 is 11.1 Å². The molecule has 1 aromatic heterocycles. The van der Waals surface area contributed by atoms with E-state index in [1.54, 1.807) is 11.3 Å². The number of hydrogen-bond acceptors (Lipinski definition) is 3. The molecule has 0 aromatic carbocycles. The molecule has 1 rings (SSSR count). The number of carbonyl (C=O) groups is 1. The molecule has 0 saturated heterocycles. The van der Waals surface area contributed by atoms with Gasteiger partial charge in [0.05, 0.1) is 6.04 Å². The highest BCUT2D eigenvalue weighted by Gasteiger charge is 2.17. The predicted octanol–water partition coefficient (Wildman–Crippen LogP) is 2.69. The van der Waals surface area contributed by atoms with Crippen molar-refractivity contribution in [3.8, 4) is 0 Å². The highest BCUT2D eigenvalue weighted by molar-refractivity contribution is 7.10. The lowest BCUT2D eigenvalue weighted by molar-refractivity contribution is -0.122. The van der Waals surface area contributed by atoms with E-state index in [4.69, 9.17) is 5.73 Å². The third-order valence-electron chi connectivity index (χ3n) is 2.91. The fraction of sp³-hybridized carbons (Fsp3) is 0.615. The molecule has 96 valence electrons. The van der Waals surface area contributed by atoms with Gasteiger partial charge in [0, 0.05) is 17.3 Å². The number of nitrogens with two attached hydrogens (primary N) is 1. The molecule has 2 unspecified atom stereocenters. The number of carbonyl (C=O) groups excluding carboxylic acids is 1. The summed E-state index contributed by atoms with van der Waals surface area (Å²) in [5.41, 5.74) is 5.90. The van der Waals surface area contributed by atoms with Gasteiger partial charge < -0.3 is 11.1 Å². The first kappa shape index (κ1) is 14.2. The lowest BCUT2D eigenvalue weighted by Crippen LogP contribution is -2.36. The average Bonchev–Trinajstić information content (AvgIpc) is 2.78. The van der Waals surface area contributed by atoms with Gasteiger partial charge >= 0.3 is 0 Å². The fourth-order valence-corrected chi connectivity index (χ4v) is 2.43. The minimum atomic E-state index is -0.0594. The third kappa shape index (κ3) is 4.48. The first-order chi connectivity index (χ1) is 8.04. The van der Waals surface area contributed by atoms with E-state index < -0.39 is 0 Å². The van der Waals surface area contributed by atoms with E-state index in [2.05, 4.69) is 18.3 Å². The molecule has 17 heavy (non-hydrogen) atoms. The smallest absolute Gasteiger partial charge is 0.222 e. The number of nitrogens with one attached hydrogen (secondary N) is 1. The molecule has 0 aliphatic rings. The summed E-state index contributed by atoms with van der Waals surface area (Å²) in [5.74, 6) is 0.383. The Bertz CT molecular complexity index is 335. The summed E-state index contributed by atoms with van der Waals surface area (Å²) in [5, 5.41) is 5.08. The Morgan fingerprint density at radius 3 is 2.71 bits per heavy atom. The minimum absolute atomic E-state index is 0.0476. The summed E-state index contributed by atoms with van der Waals surface area (Å²) < 4.78 is 0. The molecule has 1 amide bonds. The van der Waals surface area contributed by atoms with Gasteiger partial charge in [-0.1, -0.05) is 26.8 Å². The van der Waals surface area contributed by atoms with Crippen LogP contribution in [0, 0.1) is 5.92 Å². The molecule has 0 saturated carbocycles. The Labute approximate surface area is 107 Å². The first-order valence-electron chi connectivity index (χ1n) is 6.13. The van der Waals surface area contributed by atoms with Crippen LogP contribution in [0.4, 0.5) is 0 Å². The summed E-state index contributed by atoms with van der Waals surface area (Å²) in [4.78, 5) is 13.0. The van der Waals surface area contributed by atoms with Crippen molar-refractivity contribution >= 4 is 17.2 Å². The maximum atomic E-state index is 11.8. The van der Waals surface area contributed by atoms with Gasteiger partial charge in [0.25, 0.3) is 0 Å². The van der Waals surface area contributed by atoms with Gasteiger partial charge in [-0.15, -0.1) is 11.3 Å². The standard InChI is InChI=1S/C13H22N2OS/c1-4-11(12-6-5-7-17-12)15-13(16)8-10(14)9(2)3/h5-7,9-11H,4,8,14H2,1-3H3,(H,15,16). The van der Waals surface area contributed by atoms with E-state index in [1.807, 2.05) is 25.3 Å². The van der Waals surface area contributed by atoms with Gasteiger partial charge in [-0.2, -0.15) is 0 Å². The molecule has 0 bridgehead atoms. The van der Waals surface area contributed by atoms with Gasteiger partial charge in [-0.3, -0.25) is 4.79 Å². The summed E-state index contributed by atoms with van der Waals surface area (Å²) in [6.45, 7) is 6.15. The molecule has 1 heterocycles. The Balaban J connectivity index is 2.49. The van der Waals surface area contributed by atoms with Gasteiger partial charge in [0.1, 0.15) is 0 Å². The van der Waals surface area contributed by atoms with Crippen LogP contribution in [0.3, 0.4) is 0 Å². The van der Waals surface area contributed by atoms with Crippen molar-refractivity contribution in [2.45, 2.75) is 45.7 Å². The molecule has 1 aromatic rings. The minimum Gasteiger partial charge on any atom is -0.348 e. The van der Waals surface area contributed by atoms with Crippen LogP contribution in [-0.4, -0.2) is 11.9 Å². The molecule has 0 radical (unpaired) electrons. The first-order valence-corrected chi connectivity index (χ1v) is 7.00. The quantitative estimate of drug-likeness (QED) is 0.820. The molecule has 0 fully saturated rings. The zero-order valence-corrected chi connectivity index (χ0v) is 11.6. The Morgan fingerprint density at radius 1 is 1.53 bits per heavy atom. The van der Waals surface area contributed by atoms with Crippen molar-refractivity contribution in [1.29, 1.82) is 0 Å². The Morgan fingerprint density at radius 2 is 2.24 bits per heavy atom. The second-order valence-electron chi connectivity index (χ2n) is 4.66. The molecule has 3 nitrogen and oxygen atoms in total.